The van der Waals surface area contributed by atoms with Gasteiger partial charge in [0.2, 0.25) is 0 Å². The van der Waals surface area contributed by atoms with Crippen molar-refractivity contribution in [2.45, 2.75) is 30.3 Å². The molecule has 142 valence electrons. The number of fused-ring (bicyclic) bond motifs is 1. The summed E-state index contributed by atoms with van der Waals surface area (Å²) in [4.78, 5) is 15.6. The number of likely N-dealkylation sites (tertiary alicyclic amines) is 1. The van der Waals surface area contributed by atoms with Crippen LogP contribution in [-0.2, 0) is 6.54 Å². The van der Waals surface area contributed by atoms with E-state index in [9.17, 15) is 13.9 Å². The Labute approximate surface area is 161 Å². The van der Waals surface area contributed by atoms with E-state index in [1.165, 1.54) is 11.0 Å². The van der Waals surface area contributed by atoms with E-state index in [1.54, 1.807) is 24.3 Å². The molecule has 2 heterocycles. The molecule has 1 amide bonds. The molecule has 0 spiro atoms. The van der Waals surface area contributed by atoms with Crippen LogP contribution in [0, 0.1) is 0 Å². The van der Waals surface area contributed by atoms with Crippen molar-refractivity contribution in [3.05, 3.63) is 70.6 Å². The number of hydrogen-bond donors (Lipinski definition) is 3. The SMILES string of the molecule is O=C(NC1CCN(Cc2ccccc2)CC1)c1cccc2c1C=CS2(O)O. The second-order valence-electron chi connectivity index (χ2n) is 7.12. The average Bonchev–Trinajstić information content (AvgIpc) is 2.99. The zero-order valence-corrected chi connectivity index (χ0v) is 15.9. The Bertz CT molecular complexity index is 859. The van der Waals surface area contributed by atoms with Crippen molar-refractivity contribution in [2.24, 2.45) is 0 Å². The second kappa shape index (κ2) is 7.48. The minimum atomic E-state index is -2.90. The zero-order chi connectivity index (χ0) is 18.9. The Hall–Kier alpha value is -2.12. The summed E-state index contributed by atoms with van der Waals surface area (Å²) < 4.78 is 20.1. The minimum Gasteiger partial charge on any atom is -0.349 e. The zero-order valence-electron chi connectivity index (χ0n) is 15.0. The van der Waals surface area contributed by atoms with E-state index >= 15 is 0 Å². The number of hydrogen-bond acceptors (Lipinski definition) is 4. The van der Waals surface area contributed by atoms with Crippen LogP contribution in [0.2, 0.25) is 0 Å². The maximum Gasteiger partial charge on any atom is 0.252 e. The van der Waals surface area contributed by atoms with E-state index in [1.807, 2.05) is 6.07 Å². The van der Waals surface area contributed by atoms with Crippen LogP contribution >= 0.6 is 10.6 Å². The average molecular weight is 385 g/mol. The molecule has 2 aliphatic rings. The topological polar surface area (TPSA) is 72.8 Å². The molecule has 0 radical (unpaired) electrons. The van der Waals surface area contributed by atoms with Crippen molar-refractivity contribution in [1.29, 1.82) is 0 Å². The van der Waals surface area contributed by atoms with Crippen LogP contribution in [0.15, 0.2) is 58.8 Å². The normalized spacial score (nSPS) is 20.2. The first-order valence-corrected chi connectivity index (χ1v) is 10.8. The summed E-state index contributed by atoms with van der Waals surface area (Å²) in [5.74, 6) is -0.143. The molecule has 1 saturated heterocycles. The third-order valence-corrected chi connectivity index (χ3v) is 6.75. The summed E-state index contributed by atoms with van der Waals surface area (Å²) in [6.07, 6.45) is 3.47. The van der Waals surface area contributed by atoms with Gasteiger partial charge in [0.25, 0.3) is 5.91 Å². The number of carbonyl (C=O) groups excluding carboxylic acids is 1. The van der Waals surface area contributed by atoms with Crippen LogP contribution in [0.3, 0.4) is 0 Å². The van der Waals surface area contributed by atoms with E-state index in [-0.39, 0.29) is 11.9 Å². The maximum atomic E-state index is 12.7. The van der Waals surface area contributed by atoms with Gasteiger partial charge in [-0.3, -0.25) is 18.8 Å². The maximum absolute atomic E-state index is 12.7. The van der Waals surface area contributed by atoms with Gasteiger partial charge in [0, 0.05) is 42.2 Å². The smallest absolute Gasteiger partial charge is 0.252 e. The van der Waals surface area contributed by atoms with Crippen LogP contribution in [-0.4, -0.2) is 39.0 Å². The van der Waals surface area contributed by atoms with Gasteiger partial charge in [-0.2, -0.15) is 0 Å². The van der Waals surface area contributed by atoms with Crippen LogP contribution in [0.25, 0.3) is 6.08 Å². The van der Waals surface area contributed by atoms with Crippen LogP contribution in [0.1, 0.15) is 34.3 Å². The van der Waals surface area contributed by atoms with Crippen molar-refractivity contribution in [2.75, 3.05) is 13.1 Å². The molecule has 0 aromatic heterocycles. The molecule has 0 unspecified atom stereocenters. The summed E-state index contributed by atoms with van der Waals surface area (Å²) in [7, 11) is -2.90. The largest absolute Gasteiger partial charge is 0.349 e. The van der Waals surface area contributed by atoms with Gasteiger partial charge in [-0.15, -0.1) is 10.6 Å². The molecule has 2 aliphatic heterocycles. The third kappa shape index (κ3) is 3.94. The number of rotatable bonds is 4. The number of benzene rings is 2. The molecule has 27 heavy (non-hydrogen) atoms. The number of carbonyl (C=O) groups is 1. The fourth-order valence-corrected chi connectivity index (χ4v) is 5.01. The lowest BCUT2D eigenvalue weighted by molar-refractivity contribution is 0.0908. The molecule has 0 saturated carbocycles. The first-order chi connectivity index (χ1) is 13.0. The summed E-state index contributed by atoms with van der Waals surface area (Å²) in [6.45, 7) is 2.84. The molecule has 1 fully saturated rings. The Balaban J connectivity index is 1.36. The summed E-state index contributed by atoms with van der Waals surface area (Å²) >= 11 is 0. The summed E-state index contributed by atoms with van der Waals surface area (Å²) in [6, 6.07) is 15.7. The molecular formula is C21H24N2O3S. The Morgan fingerprint density at radius 1 is 1.07 bits per heavy atom. The fraction of sp³-hybridized carbons (Fsp3) is 0.286. The van der Waals surface area contributed by atoms with Crippen LogP contribution in [0.5, 0.6) is 0 Å². The molecule has 4 rings (SSSR count). The number of piperidine rings is 1. The highest BCUT2D eigenvalue weighted by atomic mass is 32.3. The lowest BCUT2D eigenvalue weighted by Gasteiger charge is -2.32. The molecule has 5 nitrogen and oxygen atoms in total. The predicted octanol–water partition coefficient (Wildman–Crippen LogP) is 4.17. The number of amides is 1. The first kappa shape index (κ1) is 18.3. The second-order valence-corrected chi connectivity index (χ2v) is 9.02. The van der Waals surface area contributed by atoms with Crippen molar-refractivity contribution >= 4 is 22.6 Å². The molecule has 6 heteroatoms. The van der Waals surface area contributed by atoms with Gasteiger partial charge in [0.1, 0.15) is 0 Å². The molecule has 0 bridgehead atoms. The highest BCUT2D eigenvalue weighted by Gasteiger charge is 2.27. The molecule has 0 atom stereocenters. The fourth-order valence-electron chi connectivity index (χ4n) is 3.75. The van der Waals surface area contributed by atoms with Gasteiger partial charge in [0.05, 0.1) is 4.90 Å². The van der Waals surface area contributed by atoms with Gasteiger partial charge < -0.3 is 5.32 Å². The number of nitrogens with one attached hydrogen (secondary N) is 1. The van der Waals surface area contributed by atoms with Crippen molar-refractivity contribution < 1.29 is 13.9 Å². The van der Waals surface area contributed by atoms with E-state index < -0.39 is 10.6 Å². The summed E-state index contributed by atoms with van der Waals surface area (Å²) in [5.41, 5.74) is 2.44. The molecule has 0 aliphatic carbocycles. The molecular weight excluding hydrogens is 360 g/mol. The van der Waals surface area contributed by atoms with Crippen molar-refractivity contribution in [3.8, 4) is 0 Å². The quantitative estimate of drug-likeness (QED) is 0.740. The lowest BCUT2D eigenvalue weighted by atomic mass is 10.0. The predicted molar refractivity (Wildman–Crippen MR) is 109 cm³/mol. The molecule has 3 N–H and O–H groups in total. The number of nitrogens with zero attached hydrogens (tertiary/aromatic N) is 1. The monoisotopic (exact) mass is 384 g/mol. The van der Waals surface area contributed by atoms with E-state index in [0.717, 1.165) is 32.5 Å². The van der Waals surface area contributed by atoms with Gasteiger partial charge in [0.15, 0.2) is 0 Å². The first-order valence-electron chi connectivity index (χ1n) is 9.19. The Morgan fingerprint density at radius 2 is 1.81 bits per heavy atom. The highest BCUT2D eigenvalue weighted by Crippen LogP contribution is 2.56. The Morgan fingerprint density at radius 3 is 2.56 bits per heavy atom. The van der Waals surface area contributed by atoms with Crippen LogP contribution < -0.4 is 5.32 Å². The lowest BCUT2D eigenvalue weighted by Crippen LogP contribution is -2.44. The van der Waals surface area contributed by atoms with E-state index in [0.29, 0.717) is 16.0 Å². The molecule has 2 aromatic carbocycles. The highest BCUT2D eigenvalue weighted by molar-refractivity contribution is 8.27. The Kier molecular flexibility index (Phi) is 5.06. The molecule has 2 aromatic rings. The van der Waals surface area contributed by atoms with Gasteiger partial charge >= 0.3 is 0 Å². The minimum absolute atomic E-state index is 0.143. The van der Waals surface area contributed by atoms with Gasteiger partial charge in [-0.1, -0.05) is 36.4 Å². The summed E-state index contributed by atoms with van der Waals surface area (Å²) in [5, 5.41) is 4.51. The van der Waals surface area contributed by atoms with Gasteiger partial charge in [-0.05, 0) is 36.6 Å². The standard InChI is InChI=1S/C21H24N2O3S/c24-21(19-7-4-8-20-18(19)11-14-27(20,25)26)22-17-9-12-23(13-10-17)15-16-5-2-1-3-6-16/h1-8,11,14,17,25-26H,9-10,12-13,15H2,(H,22,24). The van der Waals surface area contributed by atoms with Crippen LogP contribution in [0.4, 0.5) is 0 Å². The van der Waals surface area contributed by atoms with E-state index in [4.69, 9.17) is 0 Å². The van der Waals surface area contributed by atoms with Crippen molar-refractivity contribution in [3.63, 3.8) is 0 Å². The van der Waals surface area contributed by atoms with Gasteiger partial charge in [-0.25, -0.2) is 0 Å². The van der Waals surface area contributed by atoms with E-state index in [2.05, 4.69) is 34.5 Å². The van der Waals surface area contributed by atoms with Crippen molar-refractivity contribution in [1.82, 2.24) is 10.2 Å². The third-order valence-electron chi connectivity index (χ3n) is 5.23.